The Morgan fingerprint density at radius 3 is 2.73 bits per heavy atom. The fourth-order valence-corrected chi connectivity index (χ4v) is 2.28. The maximum absolute atomic E-state index is 13.8. The standard InChI is InChI=1S/C17H16FN5O3/c1-10-13(16(18)23(2)21-10)9-19-20-17(24)14-8-15(26-22-14)11-4-6-12(25-3)7-5-11/h4-9H,1-3H3,(H,20,24)/b19-9+. The molecule has 1 N–H and O–H groups in total. The van der Waals surface area contributed by atoms with Gasteiger partial charge < -0.3 is 9.26 Å². The molecule has 26 heavy (non-hydrogen) atoms. The van der Waals surface area contributed by atoms with Gasteiger partial charge in [-0.2, -0.15) is 14.6 Å². The molecule has 1 aromatic carbocycles. The van der Waals surface area contributed by atoms with Crippen LogP contribution in [0.25, 0.3) is 11.3 Å². The summed E-state index contributed by atoms with van der Waals surface area (Å²) in [6, 6.07) is 8.60. The van der Waals surface area contributed by atoms with Crippen LogP contribution in [0.4, 0.5) is 4.39 Å². The highest BCUT2D eigenvalue weighted by molar-refractivity contribution is 5.94. The van der Waals surface area contributed by atoms with Crippen molar-refractivity contribution < 1.29 is 18.4 Å². The molecule has 3 aromatic rings. The van der Waals surface area contributed by atoms with Gasteiger partial charge in [0.2, 0.25) is 5.95 Å². The number of halogens is 1. The van der Waals surface area contributed by atoms with Crippen molar-refractivity contribution in [2.24, 2.45) is 12.1 Å². The zero-order valence-electron chi connectivity index (χ0n) is 14.4. The van der Waals surface area contributed by atoms with Gasteiger partial charge >= 0.3 is 0 Å². The van der Waals surface area contributed by atoms with Gasteiger partial charge in [-0.3, -0.25) is 4.79 Å². The van der Waals surface area contributed by atoms with Crippen molar-refractivity contribution in [1.29, 1.82) is 0 Å². The Hall–Kier alpha value is -3.49. The largest absolute Gasteiger partial charge is 0.497 e. The van der Waals surface area contributed by atoms with Gasteiger partial charge in [0.05, 0.1) is 24.6 Å². The second-order valence-electron chi connectivity index (χ2n) is 5.42. The molecule has 0 aliphatic carbocycles. The van der Waals surface area contributed by atoms with Crippen LogP contribution in [0.5, 0.6) is 5.75 Å². The highest BCUT2D eigenvalue weighted by Gasteiger charge is 2.14. The number of ether oxygens (including phenoxy) is 1. The van der Waals surface area contributed by atoms with E-state index in [4.69, 9.17) is 9.26 Å². The molecule has 0 saturated carbocycles. The molecular weight excluding hydrogens is 341 g/mol. The third-order valence-electron chi connectivity index (χ3n) is 3.67. The molecule has 0 fully saturated rings. The monoisotopic (exact) mass is 357 g/mol. The van der Waals surface area contributed by atoms with Gasteiger partial charge in [-0.15, -0.1) is 0 Å². The Balaban J connectivity index is 1.69. The summed E-state index contributed by atoms with van der Waals surface area (Å²) in [7, 11) is 3.06. The molecule has 9 heteroatoms. The predicted molar refractivity (Wildman–Crippen MR) is 91.5 cm³/mol. The Morgan fingerprint density at radius 1 is 1.38 bits per heavy atom. The summed E-state index contributed by atoms with van der Waals surface area (Å²) in [5, 5.41) is 11.4. The Morgan fingerprint density at radius 2 is 2.12 bits per heavy atom. The maximum atomic E-state index is 13.8. The van der Waals surface area contributed by atoms with Crippen molar-refractivity contribution in [2.45, 2.75) is 6.92 Å². The molecule has 1 amide bonds. The summed E-state index contributed by atoms with van der Waals surface area (Å²) in [6.45, 7) is 1.64. The third-order valence-corrected chi connectivity index (χ3v) is 3.67. The number of methoxy groups -OCH3 is 1. The average molecular weight is 357 g/mol. The van der Waals surface area contributed by atoms with Crippen molar-refractivity contribution in [3.05, 3.63) is 53.2 Å². The van der Waals surface area contributed by atoms with Crippen molar-refractivity contribution in [1.82, 2.24) is 20.4 Å². The molecule has 3 rings (SSSR count). The van der Waals surface area contributed by atoms with E-state index in [2.05, 4.69) is 20.8 Å². The number of benzene rings is 1. The number of amides is 1. The number of hydrogen-bond acceptors (Lipinski definition) is 6. The number of nitrogens with zero attached hydrogens (tertiary/aromatic N) is 4. The third kappa shape index (κ3) is 3.46. The van der Waals surface area contributed by atoms with Crippen LogP contribution in [-0.2, 0) is 7.05 Å². The first-order valence-corrected chi connectivity index (χ1v) is 7.63. The lowest BCUT2D eigenvalue weighted by Gasteiger charge is -1.99. The fraction of sp³-hybridized carbons (Fsp3) is 0.176. The van der Waals surface area contributed by atoms with Gasteiger partial charge in [0.25, 0.3) is 5.91 Å². The molecule has 134 valence electrons. The predicted octanol–water partition coefficient (Wildman–Crippen LogP) is 2.30. The molecule has 8 nitrogen and oxygen atoms in total. The van der Waals surface area contributed by atoms with E-state index in [0.29, 0.717) is 17.2 Å². The van der Waals surface area contributed by atoms with Crippen LogP contribution in [0, 0.1) is 12.9 Å². The van der Waals surface area contributed by atoms with Crippen LogP contribution < -0.4 is 10.2 Å². The second kappa shape index (κ2) is 7.18. The van der Waals surface area contributed by atoms with Crippen LogP contribution >= 0.6 is 0 Å². The molecule has 0 unspecified atom stereocenters. The van der Waals surface area contributed by atoms with Gasteiger partial charge in [-0.25, -0.2) is 10.1 Å². The Bertz CT molecular complexity index is 959. The molecule has 2 heterocycles. The van der Waals surface area contributed by atoms with E-state index in [1.54, 1.807) is 38.3 Å². The van der Waals surface area contributed by atoms with Gasteiger partial charge in [0.1, 0.15) is 5.75 Å². The first-order valence-electron chi connectivity index (χ1n) is 7.63. The van der Waals surface area contributed by atoms with Crippen molar-refractivity contribution in [2.75, 3.05) is 7.11 Å². The molecule has 0 atom stereocenters. The SMILES string of the molecule is COc1ccc(-c2cc(C(=O)N/N=C/c3c(C)nn(C)c3F)no2)cc1. The van der Waals surface area contributed by atoms with Crippen LogP contribution in [0.1, 0.15) is 21.7 Å². The Labute approximate surface area is 148 Å². The quantitative estimate of drug-likeness (QED) is 0.558. The number of carbonyl (C=O) groups is 1. The zero-order valence-corrected chi connectivity index (χ0v) is 14.4. The van der Waals surface area contributed by atoms with E-state index < -0.39 is 11.9 Å². The van der Waals surface area contributed by atoms with Crippen LogP contribution in [-0.4, -0.2) is 34.2 Å². The summed E-state index contributed by atoms with van der Waals surface area (Å²) in [6.07, 6.45) is 1.19. The van der Waals surface area contributed by atoms with Crippen molar-refractivity contribution >= 4 is 12.1 Å². The lowest BCUT2D eigenvalue weighted by molar-refractivity contribution is 0.0946. The number of nitrogens with one attached hydrogen (secondary N) is 1. The lowest BCUT2D eigenvalue weighted by Crippen LogP contribution is -2.18. The Kier molecular flexibility index (Phi) is 4.78. The van der Waals surface area contributed by atoms with Crippen molar-refractivity contribution in [3.63, 3.8) is 0 Å². The minimum absolute atomic E-state index is 0.0522. The highest BCUT2D eigenvalue weighted by atomic mass is 19.1. The summed E-state index contributed by atoms with van der Waals surface area (Å²) < 4.78 is 25.1. The van der Waals surface area contributed by atoms with Gasteiger partial charge in [-0.1, -0.05) is 5.16 Å². The number of aromatic nitrogens is 3. The summed E-state index contributed by atoms with van der Waals surface area (Å²) in [5.74, 6) is 0.0184. The van der Waals surface area contributed by atoms with Gasteiger partial charge in [0.15, 0.2) is 11.5 Å². The minimum atomic E-state index is -0.577. The zero-order chi connectivity index (χ0) is 18.7. The molecule has 0 saturated heterocycles. The van der Waals surface area contributed by atoms with Gasteiger partial charge in [0, 0.05) is 18.7 Å². The summed E-state index contributed by atoms with van der Waals surface area (Å²) in [4.78, 5) is 12.1. The van der Waals surface area contributed by atoms with Crippen LogP contribution in [0.15, 0.2) is 40.0 Å². The number of hydrazone groups is 1. The topological polar surface area (TPSA) is 94.5 Å². The lowest BCUT2D eigenvalue weighted by atomic mass is 10.1. The molecule has 2 aromatic heterocycles. The molecule has 0 bridgehead atoms. The second-order valence-corrected chi connectivity index (χ2v) is 5.42. The minimum Gasteiger partial charge on any atom is -0.497 e. The molecule has 0 spiro atoms. The van der Waals surface area contributed by atoms with Crippen LogP contribution in [0.2, 0.25) is 0 Å². The van der Waals surface area contributed by atoms with E-state index in [0.717, 1.165) is 10.2 Å². The highest BCUT2D eigenvalue weighted by Crippen LogP contribution is 2.23. The van der Waals surface area contributed by atoms with E-state index in [1.807, 2.05) is 0 Å². The van der Waals surface area contributed by atoms with E-state index >= 15 is 0 Å². The number of carbonyl (C=O) groups excluding carboxylic acids is 1. The van der Waals surface area contributed by atoms with Crippen LogP contribution in [0.3, 0.4) is 0 Å². The van der Waals surface area contributed by atoms with Gasteiger partial charge in [-0.05, 0) is 31.2 Å². The first-order chi connectivity index (χ1) is 12.5. The molecule has 0 aliphatic rings. The molecule has 0 radical (unpaired) electrons. The number of hydrogen-bond donors (Lipinski definition) is 1. The first kappa shape index (κ1) is 17.3. The smallest absolute Gasteiger partial charge is 0.293 e. The molecule has 0 aliphatic heterocycles. The summed E-state index contributed by atoms with van der Waals surface area (Å²) in [5.41, 5.74) is 3.74. The normalized spacial score (nSPS) is 11.1. The van der Waals surface area contributed by atoms with E-state index in [1.165, 1.54) is 19.3 Å². The van der Waals surface area contributed by atoms with Crippen molar-refractivity contribution in [3.8, 4) is 17.1 Å². The maximum Gasteiger partial charge on any atom is 0.293 e. The number of aryl methyl sites for hydroxylation is 2. The van der Waals surface area contributed by atoms with E-state index in [-0.39, 0.29) is 11.3 Å². The number of rotatable bonds is 5. The average Bonchev–Trinajstić information content (AvgIpc) is 3.22. The fourth-order valence-electron chi connectivity index (χ4n) is 2.28. The van der Waals surface area contributed by atoms with E-state index in [9.17, 15) is 9.18 Å². The summed E-state index contributed by atoms with van der Waals surface area (Å²) >= 11 is 0. The molecular formula is C17H16FN5O3.